The molecule has 0 fully saturated rings. The lowest BCUT2D eigenvalue weighted by molar-refractivity contribution is 0.310. The zero-order valence-electron chi connectivity index (χ0n) is 20.2. The van der Waals surface area contributed by atoms with Crippen LogP contribution in [-0.2, 0) is 35.0 Å². The number of hydrogen-bond donors (Lipinski definition) is 0. The minimum atomic E-state index is -3.23. The molecule has 0 atom stereocenters. The number of benzene rings is 1. The molecule has 184 valence electrons. The highest BCUT2D eigenvalue weighted by atomic mass is 35.5. The normalized spacial score (nSPS) is 17.2. The Morgan fingerprint density at radius 2 is 1.97 bits per heavy atom. The molecule has 1 aromatic carbocycles. The number of halogens is 1. The van der Waals surface area contributed by atoms with E-state index < -0.39 is 9.84 Å². The van der Waals surface area contributed by atoms with Crippen LogP contribution >= 0.6 is 11.6 Å². The average molecular weight is 513 g/mol. The zero-order chi connectivity index (χ0) is 24.8. The van der Waals surface area contributed by atoms with E-state index in [1.165, 1.54) is 11.8 Å². The van der Waals surface area contributed by atoms with Gasteiger partial charge in [0.05, 0.1) is 12.3 Å². The molecule has 0 bridgehead atoms. The van der Waals surface area contributed by atoms with E-state index in [0.717, 1.165) is 59.8 Å². The second-order valence-corrected chi connectivity index (χ2v) is 12.8. The second-order valence-electron chi connectivity index (χ2n) is 10.3. The molecule has 0 amide bonds. The summed E-state index contributed by atoms with van der Waals surface area (Å²) in [6.45, 7) is 6.56. The molecule has 7 nitrogen and oxygen atoms in total. The number of pyridine rings is 1. The molecule has 1 aliphatic heterocycles. The third-order valence-electron chi connectivity index (χ3n) is 6.71. The Hall–Kier alpha value is -2.71. The molecular weight excluding hydrogens is 484 g/mol. The first-order valence-electron chi connectivity index (χ1n) is 11.7. The number of hydrogen-bond acceptors (Lipinski definition) is 7. The fraction of sp³-hybridized carbons (Fsp3) is 0.423. The molecule has 9 heteroatoms. The number of aromatic nitrogens is 3. The van der Waals surface area contributed by atoms with Crippen LogP contribution in [0, 0.1) is 5.41 Å². The summed E-state index contributed by atoms with van der Waals surface area (Å²) in [7, 11) is -3.23. The van der Waals surface area contributed by atoms with Gasteiger partial charge in [-0.05, 0) is 48.4 Å². The minimum Gasteiger partial charge on any atom is -0.491 e. The maximum absolute atomic E-state index is 11.8. The van der Waals surface area contributed by atoms with Crippen LogP contribution in [0.4, 0.5) is 5.82 Å². The van der Waals surface area contributed by atoms with Gasteiger partial charge in [0, 0.05) is 46.9 Å². The first kappa shape index (κ1) is 24.0. The molecule has 5 rings (SSSR count). The van der Waals surface area contributed by atoms with Gasteiger partial charge in [-0.2, -0.15) is 0 Å². The lowest BCUT2D eigenvalue weighted by Gasteiger charge is -2.33. The summed E-state index contributed by atoms with van der Waals surface area (Å²) in [4.78, 5) is 15.8. The molecule has 0 radical (unpaired) electrons. The van der Waals surface area contributed by atoms with Crippen molar-refractivity contribution in [3.63, 3.8) is 0 Å². The minimum absolute atomic E-state index is 0.149. The third-order valence-corrected chi connectivity index (χ3v) is 7.88. The molecule has 0 saturated heterocycles. The van der Waals surface area contributed by atoms with Crippen molar-refractivity contribution in [3.8, 4) is 16.9 Å². The monoisotopic (exact) mass is 512 g/mol. The smallest absolute Gasteiger partial charge is 0.151 e. The van der Waals surface area contributed by atoms with E-state index >= 15 is 0 Å². The van der Waals surface area contributed by atoms with E-state index in [9.17, 15) is 8.42 Å². The standard InChI is InChI=1S/C26H29ClN4O3S/c1-26(2)7-6-22-21(12-26)25(30-16-29-22)31-8-9-34-23-5-4-17(10-19(23)14-31)18-11-20(15-35(3,32)33)24(27)28-13-18/h4-5,10-11,13,16H,6-9,12,14-15H2,1-3H3. The summed E-state index contributed by atoms with van der Waals surface area (Å²) in [5.74, 6) is 1.69. The number of ether oxygens (including phenoxy) is 1. The van der Waals surface area contributed by atoms with Crippen molar-refractivity contribution in [2.45, 2.75) is 45.4 Å². The van der Waals surface area contributed by atoms with Crippen LogP contribution in [0.3, 0.4) is 0 Å². The maximum Gasteiger partial charge on any atom is 0.151 e. The van der Waals surface area contributed by atoms with Crippen molar-refractivity contribution in [2.24, 2.45) is 5.41 Å². The van der Waals surface area contributed by atoms with E-state index in [1.807, 2.05) is 12.1 Å². The van der Waals surface area contributed by atoms with Gasteiger partial charge in [-0.1, -0.05) is 31.5 Å². The largest absolute Gasteiger partial charge is 0.491 e. The maximum atomic E-state index is 11.8. The molecule has 1 aliphatic carbocycles. The van der Waals surface area contributed by atoms with E-state index in [0.29, 0.717) is 18.7 Å². The van der Waals surface area contributed by atoms with E-state index in [1.54, 1.807) is 18.6 Å². The number of sulfone groups is 1. The summed E-state index contributed by atoms with van der Waals surface area (Å²) in [6.07, 6.45) is 7.61. The molecule has 0 saturated carbocycles. The van der Waals surface area contributed by atoms with Crippen molar-refractivity contribution in [1.29, 1.82) is 0 Å². The Balaban J connectivity index is 1.49. The van der Waals surface area contributed by atoms with Gasteiger partial charge in [-0.15, -0.1) is 0 Å². The Bertz CT molecular complexity index is 1390. The first-order chi connectivity index (χ1) is 16.6. The summed E-state index contributed by atoms with van der Waals surface area (Å²) in [6, 6.07) is 7.83. The SMILES string of the molecule is CC1(C)CCc2ncnc(N3CCOc4ccc(-c5cnc(Cl)c(CS(C)(=O)=O)c5)cc4C3)c2C1. The molecule has 0 N–H and O–H groups in total. The molecule has 0 spiro atoms. The highest BCUT2D eigenvalue weighted by molar-refractivity contribution is 7.89. The van der Waals surface area contributed by atoms with Gasteiger partial charge < -0.3 is 9.64 Å². The number of aryl methyl sites for hydroxylation is 1. The van der Waals surface area contributed by atoms with Crippen molar-refractivity contribution in [1.82, 2.24) is 15.0 Å². The van der Waals surface area contributed by atoms with Crippen molar-refractivity contribution >= 4 is 27.3 Å². The second kappa shape index (κ2) is 9.06. The van der Waals surface area contributed by atoms with E-state index in [4.69, 9.17) is 21.3 Å². The van der Waals surface area contributed by atoms with E-state index in [-0.39, 0.29) is 16.3 Å². The molecule has 0 unspecified atom stereocenters. The molecule has 35 heavy (non-hydrogen) atoms. The Morgan fingerprint density at radius 1 is 1.14 bits per heavy atom. The summed E-state index contributed by atoms with van der Waals surface area (Å²) in [5, 5.41) is 0.208. The van der Waals surface area contributed by atoms with Crippen LogP contribution in [0.5, 0.6) is 5.75 Å². The van der Waals surface area contributed by atoms with Gasteiger partial charge in [-0.3, -0.25) is 0 Å². The molecule has 2 aromatic heterocycles. The first-order valence-corrected chi connectivity index (χ1v) is 14.2. The number of fused-ring (bicyclic) bond motifs is 2. The zero-order valence-corrected chi connectivity index (χ0v) is 21.8. The van der Waals surface area contributed by atoms with Crippen LogP contribution in [-0.4, -0.2) is 42.8 Å². The Morgan fingerprint density at radius 3 is 2.77 bits per heavy atom. The van der Waals surface area contributed by atoms with Gasteiger partial charge in [0.25, 0.3) is 0 Å². The fourth-order valence-corrected chi connectivity index (χ4v) is 5.96. The van der Waals surface area contributed by atoms with Crippen LogP contribution in [0.2, 0.25) is 5.15 Å². The highest BCUT2D eigenvalue weighted by Crippen LogP contribution is 2.39. The lowest BCUT2D eigenvalue weighted by atomic mass is 9.76. The Labute approximate surface area is 211 Å². The molecule has 3 aromatic rings. The van der Waals surface area contributed by atoms with Crippen LogP contribution < -0.4 is 9.64 Å². The molecule has 2 aliphatic rings. The average Bonchev–Trinajstić information content (AvgIpc) is 3.00. The van der Waals surface area contributed by atoms with Crippen LogP contribution in [0.1, 0.15) is 42.7 Å². The molecular formula is C26H29ClN4O3S. The van der Waals surface area contributed by atoms with Gasteiger partial charge >= 0.3 is 0 Å². The van der Waals surface area contributed by atoms with E-state index in [2.05, 4.69) is 34.8 Å². The fourth-order valence-electron chi connectivity index (χ4n) is 4.92. The Kier molecular flexibility index (Phi) is 6.21. The van der Waals surface area contributed by atoms with Gasteiger partial charge in [0.15, 0.2) is 9.84 Å². The predicted octanol–water partition coefficient (Wildman–Crippen LogP) is 4.65. The van der Waals surface area contributed by atoms with Gasteiger partial charge in [-0.25, -0.2) is 23.4 Å². The predicted molar refractivity (Wildman–Crippen MR) is 138 cm³/mol. The van der Waals surface area contributed by atoms with Crippen molar-refractivity contribution in [3.05, 3.63) is 64.3 Å². The number of rotatable bonds is 4. The number of nitrogens with zero attached hydrogens (tertiary/aromatic N) is 4. The third kappa shape index (κ3) is 5.28. The summed E-state index contributed by atoms with van der Waals surface area (Å²) < 4.78 is 29.7. The lowest BCUT2D eigenvalue weighted by Crippen LogP contribution is -2.31. The van der Waals surface area contributed by atoms with Crippen LogP contribution in [0.15, 0.2) is 36.8 Å². The summed E-state index contributed by atoms with van der Waals surface area (Å²) >= 11 is 6.18. The van der Waals surface area contributed by atoms with Crippen LogP contribution in [0.25, 0.3) is 11.1 Å². The highest BCUT2D eigenvalue weighted by Gasteiger charge is 2.30. The quantitative estimate of drug-likeness (QED) is 0.470. The van der Waals surface area contributed by atoms with Crippen molar-refractivity contribution in [2.75, 3.05) is 24.3 Å². The number of anilines is 1. The van der Waals surface area contributed by atoms with Gasteiger partial charge in [0.1, 0.15) is 29.7 Å². The van der Waals surface area contributed by atoms with Gasteiger partial charge in [0.2, 0.25) is 0 Å². The summed E-state index contributed by atoms with van der Waals surface area (Å²) in [5.41, 5.74) is 5.91. The molecule has 3 heterocycles. The van der Waals surface area contributed by atoms with Crippen molar-refractivity contribution < 1.29 is 13.2 Å². The topological polar surface area (TPSA) is 85.3 Å².